The number of nitrogens with two attached hydrogens (primary N) is 1. The van der Waals surface area contributed by atoms with E-state index in [4.69, 9.17) is 25.4 Å². The van der Waals surface area contributed by atoms with Gasteiger partial charge in [0.1, 0.15) is 5.76 Å². The summed E-state index contributed by atoms with van der Waals surface area (Å²) in [6.07, 6.45) is 13.0. The van der Waals surface area contributed by atoms with Gasteiger partial charge in [-0.2, -0.15) is 0 Å². The van der Waals surface area contributed by atoms with Crippen LogP contribution in [-0.4, -0.2) is 40.9 Å². The highest BCUT2D eigenvalue weighted by molar-refractivity contribution is 6.21. The molecule has 0 radical (unpaired) electrons. The number of hydrogen-bond acceptors (Lipinski definition) is 7. The van der Waals surface area contributed by atoms with Gasteiger partial charge < -0.3 is 20.9 Å². The number of unbranched alkanes of at least 4 members (excludes halogenated alkanes) is 3. The lowest BCUT2D eigenvalue weighted by molar-refractivity contribution is -0.118. The molecule has 1 amide bonds. The van der Waals surface area contributed by atoms with E-state index in [0.717, 1.165) is 91.9 Å². The number of nitrogens with one attached hydrogen (secondary N) is 1. The number of primary amides is 1. The van der Waals surface area contributed by atoms with Crippen LogP contribution in [0.2, 0.25) is 0 Å². The van der Waals surface area contributed by atoms with Gasteiger partial charge in [-0.05, 0) is 87.5 Å². The summed E-state index contributed by atoms with van der Waals surface area (Å²) in [5.41, 5.74) is 20.1. The summed E-state index contributed by atoms with van der Waals surface area (Å²) < 4.78 is 6.44. The quantitative estimate of drug-likeness (QED) is 0.200. The smallest absolute Gasteiger partial charge is 0.217 e. The van der Waals surface area contributed by atoms with Gasteiger partial charge in [0.2, 0.25) is 5.91 Å². The largest absolute Gasteiger partial charge is 0.511 e. The van der Waals surface area contributed by atoms with Crippen molar-refractivity contribution in [1.29, 1.82) is 0 Å². The Morgan fingerprint density at radius 2 is 1.77 bits per heavy atom. The summed E-state index contributed by atoms with van der Waals surface area (Å²) in [7, 11) is 0. The molecule has 4 N–H and O–H groups in total. The summed E-state index contributed by atoms with van der Waals surface area (Å²) in [6, 6.07) is 0. The molecule has 47 heavy (non-hydrogen) atoms. The zero-order valence-corrected chi connectivity index (χ0v) is 29.0. The molecule has 6 rings (SSSR count). The van der Waals surface area contributed by atoms with Crippen LogP contribution >= 0.6 is 0 Å². The predicted molar refractivity (Wildman–Crippen MR) is 190 cm³/mol. The maximum absolute atomic E-state index is 12.0. The fraction of sp³-hybridized carbons (Fsp3) is 0.487. The van der Waals surface area contributed by atoms with Gasteiger partial charge in [-0.15, -0.1) is 0 Å². The normalized spacial score (nSPS) is 24.1. The van der Waals surface area contributed by atoms with E-state index in [2.05, 4.69) is 65.1 Å². The number of ether oxygens (including phenoxy) is 1. The van der Waals surface area contributed by atoms with Crippen molar-refractivity contribution in [2.75, 3.05) is 6.61 Å². The molecule has 248 valence electrons. The van der Waals surface area contributed by atoms with Crippen molar-refractivity contribution in [3.63, 3.8) is 0 Å². The summed E-state index contributed by atoms with van der Waals surface area (Å²) in [5.74, 6) is 0.107. The molecule has 5 aliphatic heterocycles. The van der Waals surface area contributed by atoms with Crippen LogP contribution in [0.15, 0.2) is 106 Å². The van der Waals surface area contributed by atoms with Gasteiger partial charge in [-0.1, -0.05) is 40.0 Å². The van der Waals surface area contributed by atoms with Crippen LogP contribution in [0.4, 0.5) is 0 Å². The van der Waals surface area contributed by atoms with Gasteiger partial charge in [-0.25, -0.2) is 15.0 Å². The van der Waals surface area contributed by atoms with E-state index in [1.807, 2.05) is 6.92 Å². The van der Waals surface area contributed by atoms with Gasteiger partial charge in [0.15, 0.2) is 0 Å². The average molecular weight is 636 g/mol. The number of carbonyl (C=O) groups is 1. The van der Waals surface area contributed by atoms with Crippen molar-refractivity contribution in [3.8, 4) is 0 Å². The maximum atomic E-state index is 12.0. The first-order valence-corrected chi connectivity index (χ1v) is 17.4. The van der Waals surface area contributed by atoms with E-state index in [9.17, 15) is 9.90 Å². The molecule has 8 nitrogen and oxygen atoms in total. The number of aliphatic hydroxyl groups excluding tert-OH is 1. The van der Waals surface area contributed by atoms with Gasteiger partial charge in [0, 0.05) is 59.4 Å². The Kier molecular flexibility index (Phi) is 9.25. The van der Waals surface area contributed by atoms with E-state index in [-0.39, 0.29) is 30.3 Å². The zero-order valence-electron chi connectivity index (χ0n) is 29.0. The van der Waals surface area contributed by atoms with Crippen LogP contribution in [0, 0.1) is 11.8 Å². The van der Waals surface area contributed by atoms with E-state index in [1.54, 1.807) is 0 Å². The number of allylic oxidation sites excluding steroid dienone is 11. The Labute approximate surface area is 279 Å². The molecular formula is C39H49N5O3. The minimum absolute atomic E-state index is 0.0157. The number of fused-ring (bicyclic) bond motifs is 5. The molecule has 1 aliphatic carbocycles. The van der Waals surface area contributed by atoms with Gasteiger partial charge >= 0.3 is 0 Å². The Morgan fingerprint density at radius 1 is 1.02 bits per heavy atom. The van der Waals surface area contributed by atoms with Crippen molar-refractivity contribution in [3.05, 3.63) is 91.5 Å². The van der Waals surface area contributed by atoms with Crippen LogP contribution in [0.25, 0.3) is 0 Å². The molecule has 0 aromatic rings. The lowest BCUT2D eigenvalue weighted by Crippen LogP contribution is -2.17. The van der Waals surface area contributed by atoms with Gasteiger partial charge in [0.05, 0.1) is 40.3 Å². The van der Waals surface area contributed by atoms with E-state index in [0.29, 0.717) is 25.2 Å². The Balaban J connectivity index is 1.52. The van der Waals surface area contributed by atoms with Crippen LogP contribution in [0.5, 0.6) is 0 Å². The van der Waals surface area contributed by atoms with Crippen LogP contribution < -0.4 is 11.1 Å². The number of aliphatic hydroxyl groups is 1. The first kappa shape index (κ1) is 32.9. The molecule has 0 aromatic carbocycles. The molecule has 6 aliphatic rings. The van der Waals surface area contributed by atoms with Crippen LogP contribution in [0.3, 0.4) is 0 Å². The fourth-order valence-corrected chi connectivity index (χ4v) is 7.81. The van der Waals surface area contributed by atoms with Crippen molar-refractivity contribution in [1.82, 2.24) is 5.32 Å². The molecule has 1 saturated heterocycles. The number of hydrogen-bond donors (Lipinski definition) is 3. The molecular weight excluding hydrogens is 586 g/mol. The second-order valence-electron chi connectivity index (χ2n) is 13.6. The molecule has 0 aromatic heterocycles. The predicted octanol–water partition coefficient (Wildman–Crippen LogP) is 7.91. The Hall–Kier alpha value is -4.04. The van der Waals surface area contributed by atoms with Gasteiger partial charge in [0.25, 0.3) is 0 Å². The summed E-state index contributed by atoms with van der Waals surface area (Å²) in [5, 5.41) is 15.0. The number of carbonyl (C=O) groups excluding carboxylic acids is 1. The highest BCUT2D eigenvalue weighted by atomic mass is 16.5. The third kappa shape index (κ3) is 5.97. The van der Waals surface area contributed by atoms with Crippen LogP contribution in [-0.2, 0) is 9.53 Å². The van der Waals surface area contributed by atoms with Crippen molar-refractivity contribution >= 4 is 23.0 Å². The molecule has 8 heteroatoms. The van der Waals surface area contributed by atoms with Crippen molar-refractivity contribution in [2.45, 2.75) is 106 Å². The molecule has 5 heterocycles. The first-order chi connectivity index (χ1) is 22.5. The SMILES string of the molecule is CCCCCCO[C@H](C)C1=C(C)C2=NC1=CC1=NC(=CC3=C(C)C4=C(O)CC(=C5NC(=C2)C(C)[C@@H]5CCC(N)=O)C4=N3)C(CC)=C1C. The lowest BCUT2D eigenvalue weighted by atomic mass is 9.86. The number of nitrogens with zero attached hydrogens (tertiary/aromatic N) is 3. The summed E-state index contributed by atoms with van der Waals surface area (Å²) in [4.78, 5) is 27.5. The third-order valence-corrected chi connectivity index (χ3v) is 10.6. The van der Waals surface area contributed by atoms with Gasteiger partial charge in [-0.3, -0.25) is 4.79 Å². The zero-order chi connectivity index (χ0) is 33.6. The number of amides is 1. The average Bonchev–Trinajstić information content (AvgIpc) is 3.78. The summed E-state index contributed by atoms with van der Waals surface area (Å²) in [6.45, 7) is 15.7. The molecule has 1 unspecified atom stereocenters. The molecule has 0 saturated carbocycles. The molecule has 0 spiro atoms. The highest BCUT2D eigenvalue weighted by Gasteiger charge is 2.41. The number of aliphatic imine (C=N–C) groups is 3. The third-order valence-electron chi connectivity index (χ3n) is 10.6. The molecule has 8 bridgehead atoms. The standard InChI is InChI=1S/C39H49N5O3/c1-8-10-11-12-15-47-24(7)36-22(5)30-17-29-21(4)26(13-14-35(40)46)38(43-29)27-16-34(45)37-23(6)31(44-39(27)37)18-32-25(9-2)20(3)28(41-32)19-33(36)42-30/h17-19,21,24,26,43,45H,8-16H2,1-7H3,(H2,40,46)/t21?,24-,26+/m1/s1. The fourth-order valence-electron chi connectivity index (χ4n) is 7.81. The van der Waals surface area contributed by atoms with E-state index < -0.39 is 0 Å². The minimum Gasteiger partial charge on any atom is -0.511 e. The highest BCUT2D eigenvalue weighted by Crippen LogP contribution is 2.46. The van der Waals surface area contributed by atoms with E-state index >= 15 is 0 Å². The second kappa shape index (κ2) is 13.2. The first-order valence-electron chi connectivity index (χ1n) is 17.4. The van der Waals surface area contributed by atoms with Crippen molar-refractivity contribution in [2.24, 2.45) is 32.5 Å². The molecule has 3 atom stereocenters. The summed E-state index contributed by atoms with van der Waals surface area (Å²) >= 11 is 0. The number of rotatable bonds is 11. The second-order valence-corrected chi connectivity index (χ2v) is 13.6. The van der Waals surface area contributed by atoms with E-state index in [1.165, 1.54) is 24.8 Å². The lowest BCUT2D eigenvalue weighted by Gasteiger charge is -2.17. The Bertz CT molecular complexity index is 1770. The monoisotopic (exact) mass is 635 g/mol. The minimum atomic E-state index is -0.316. The van der Waals surface area contributed by atoms with Crippen LogP contribution in [0.1, 0.15) is 99.8 Å². The maximum Gasteiger partial charge on any atom is 0.217 e. The molecule has 1 fully saturated rings. The van der Waals surface area contributed by atoms with Crippen molar-refractivity contribution < 1.29 is 14.6 Å². The Morgan fingerprint density at radius 3 is 2.49 bits per heavy atom. The topological polar surface area (TPSA) is 122 Å².